The summed E-state index contributed by atoms with van der Waals surface area (Å²) in [7, 11) is -3.66. The predicted octanol–water partition coefficient (Wildman–Crippen LogP) is 3.86. The van der Waals surface area contributed by atoms with Crippen molar-refractivity contribution in [3.63, 3.8) is 0 Å². The zero-order chi connectivity index (χ0) is 19.9. The van der Waals surface area contributed by atoms with Gasteiger partial charge in [-0.05, 0) is 44.0 Å². The van der Waals surface area contributed by atoms with Gasteiger partial charge in [-0.3, -0.25) is 0 Å². The Morgan fingerprint density at radius 3 is 2.39 bits per heavy atom. The molecule has 0 aliphatic carbocycles. The summed E-state index contributed by atoms with van der Waals surface area (Å²) >= 11 is 1.48. The van der Waals surface area contributed by atoms with Gasteiger partial charge in [-0.2, -0.15) is 5.10 Å². The van der Waals surface area contributed by atoms with Crippen molar-refractivity contribution < 1.29 is 8.42 Å². The van der Waals surface area contributed by atoms with Gasteiger partial charge >= 0.3 is 0 Å². The van der Waals surface area contributed by atoms with Crippen molar-refractivity contribution in [3.05, 3.63) is 70.4 Å². The third-order valence-corrected chi connectivity index (χ3v) is 6.58. The molecule has 2 heterocycles. The summed E-state index contributed by atoms with van der Waals surface area (Å²) < 4.78 is 30.2. The van der Waals surface area contributed by atoms with Gasteiger partial charge in [0.25, 0.3) is 0 Å². The van der Waals surface area contributed by atoms with E-state index in [4.69, 9.17) is 0 Å². The minimum atomic E-state index is -3.66. The number of benzene rings is 2. The fourth-order valence-electron chi connectivity index (χ4n) is 3.21. The first-order chi connectivity index (χ1) is 13.3. The minimum absolute atomic E-state index is 0.101. The van der Waals surface area contributed by atoms with Crippen LogP contribution in [0.2, 0.25) is 0 Å². The van der Waals surface area contributed by atoms with E-state index in [-0.39, 0.29) is 11.4 Å². The lowest BCUT2D eigenvalue weighted by atomic mass is 10.1. The predicted molar refractivity (Wildman–Crippen MR) is 111 cm³/mol. The van der Waals surface area contributed by atoms with Crippen LogP contribution in [0.5, 0.6) is 0 Å². The number of imidazole rings is 1. The average molecular weight is 413 g/mol. The standard InChI is InChI=1S/C20H20N4O2S2/c1-13-9-14(2)11-17(10-13)28(25,26)21-12-18-19(16-7-5-4-6-8-16)22-20-24(18)23-15(3)27-20/h4-11,21H,12H2,1-3H3. The molecule has 4 aromatic rings. The molecule has 0 unspecified atom stereocenters. The molecule has 4 rings (SSSR count). The number of hydrogen-bond acceptors (Lipinski definition) is 5. The second-order valence-electron chi connectivity index (χ2n) is 6.74. The highest BCUT2D eigenvalue weighted by Gasteiger charge is 2.21. The Balaban J connectivity index is 1.73. The molecule has 0 aliphatic heterocycles. The summed E-state index contributed by atoms with van der Waals surface area (Å²) in [5.41, 5.74) is 4.21. The van der Waals surface area contributed by atoms with E-state index >= 15 is 0 Å². The van der Waals surface area contributed by atoms with Crippen LogP contribution in [0, 0.1) is 20.8 Å². The first kappa shape index (κ1) is 18.8. The number of sulfonamides is 1. The third-order valence-electron chi connectivity index (χ3n) is 4.38. The van der Waals surface area contributed by atoms with Crippen LogP contribution < -0.4 is 4.72 Å². The molecule has 144 valence electrons. The van der Waals surface area contributed by atoms with Gasteiger partial charge in [-0.25, -0.2) is 22.6 Å². The fraction of sp³-hybridized carbons (Fsp3) is 0.200. The van der Waals surface area contributed by atoms with Crippen LogP contribution in [-0.2, 0) is 16.6 Å². The highest BCUT2D eigenvalue weighted by molar-refractivity contribution is 7.89. The van der Waals surface area contributed by atoms with Gasteiger partial charge in [-0.15, -0.1) is 0 Å². The molecule has 2 aromatic carbocycles. The number of fused-ring (bicyclic) bond motifs is 1. The van der Waals surface area contributed by atoms with Crippen LogP contribution in [0.1, 0.15) is 21.8 Å². The van der Waals surface area contributed by atoms with E-state index in [0.717, 1.165) is 38.0 Å². The Morgan fingerprint density at radius 1 is 1.04 bits per heavy atom. The fourth-order valence-corrected chi connectivity index (χ4v) is 5.14. The number of rotatable bonds is 5. The monoisotopic (exact) mass is 412 g/mol. The molecule has 6 nitrogen and oxygen atoms in total. The molecule has 0 amide bonds. The van der Waals surface area contributed by atoms with Crippen molar-refractivity contribution in [2.75, 3.05) is 0 Å². The second-order valence-corrected chi connectivity index (χ2v) is 9.66. The zero-order valence-corrected chi connectivity index (χ0v) is 17.4. The second kappa shape index (κ2) is 7.12. The SMILES string of the molecule is Cc1cc(C)cc(S(=O)(=O)NCc2c(-c3ccccc3)nc3sc(C)nn23)c1. The lowest BCUT2D eigenvalue weighted by Crippen LogP contribution is -2.24. The lowest BCUT2D eigenvalue weighted by molar-refractivity contribution is 0.579. The van der Waals surface area contributed by atoms with Crippen molar-refractivity contribution in [2.24, 2.45) is 0 Å². The Morgan fingerprint density at radius 2 is 1.71 bits per heavy atom. The van der Waals surface area contributed by atoms with Crippen LogP contribution in [0.3, 0.4) is 0 Å². The molecule has 0 fully saturated rings. The van der Waals surface area contributed by atoms with Gasteiger partial charge in [0.05, 0.1) is 22.8 Å². The summed E-state index contributed by atoms with van der Waals surface area (Å²) in [5, 5.41) is 5.37. The molecule has 0 saturated carbocycles. The summed E-state index contributed by atoms with van der Waals surface area (Å²) in [6.45, 7) is 5.78. The van der Waals surface area contributed by atoms with E-state index in [1.54, 1.807) is 16.6 Å². The first-order valence-electron chi connectivity index (χ1n) is 8.82. The van der Waals surface area contributed by atoms with Crippen molar-refractivity contribution in [1.82, 2.24) is 19.3 Å². The highest BCUT2D eigenvalue weighted by Crippen LogP contribution is 2.27. The highest BCUT2D eigenvalue weighted by atomic mass is 32.2. The van der Waals surface area contributed by atoms with E-state index in [2.05, 4.69) is 14.8 Å². The molecular weight excluding hydrogens is 392 g/mol. The lowest BCUT2D eigenvalue weighted by Gasteiger charge is -2.09. The minimum Gasteiger partial charge on any atom is -0.217 e. The average Bonchev–Trinajstić information content (AvgIpc) is 3.16. The molecule has 8 heteroatoms. The van der Waals surface area contributed by atoms with E-state index in [0.29, 0.717) is 0 Å². The molecule has 0 aliphatic rings. The van der Waals surface area contributed by atoms with Gasteiger partial charge in [0.2, 0.25) is 15.0 Å². The molecule has 28 heavy (non-hydrogen) atoms. The van der Waals surface area contributed by atoms with E-state index in [9.17, 15) is 8.42 Å². The molecule has 0 radical (unpaired) electrons. The summed E-state index contributed by atoms with van der Waals surface area (Å²) in [5.74, 6) is 0. The molecule has 0 saturated heterocycles. The first-order valence-corrected chi connectivity index (χ1v) is 11.1. The topological polar surface area (TPSA) is 76.4 Å². The van der Waals surface area contributed by atoms with Crippen LogP contribution in [-0.4, -0.2) is 23.0 Å². The van der Waals surface area contributed by atoms with Crippen LogP contribution in [0.15, 0.2) is 53.4 Å². The van der Waals surface area contributed by atoms with E-state index < -0.39 is 10.0 Å². The number of nitrogens with one attached hydrogen (secondary N) is 1. The van der Waals surface area contributed by atoms with Gasteiger partial charge in [0.1, 0.15) is 5.01 Å². The summed E-state index contributed by atoms with van der Waals surface area (Å²) in [6.07, 6.45) is 0. The smallest absolute Gasteiger partial charge is 0.217 e. The largest absolute Gasteiger partial charge is 0.240 e. The Labute approximate surface area is 167 Å². The number of hydrogen-bond donors (Lipinski definition) is 1. The molecule has 0 spiro atoms. The van der Waals surface area contributed by atoms with Gasteiger partial charge in [0, 0.05) is 5.56 Å². The summed E-state index contributed by atoms with van der Waals surface area (Å²) in [6, 6.07) is 15.0. The van der Waals surface area contributed by atoms with Crippen LogP contribution in [0.25, 0.3) is 16.2 Å². The zero-order valence-electron chi connectivity index (χ0n) is 15.8. The van der Waals surface area contributed by atoms with Gasteiger partial charge in [-0.1, -0.05) is 47.7 Å². The summed E-state index contributed by atoms with van der Waals surface area (Å²) in [4.78, 5) is 5.70. The maximum atomic E-state index is 12.9. The van der Waals surface area contributed by atoms with Crippen LogP contribution >= 0.6 is 11.3 Å². The van der Waals surface area contributed by atoms with Gasteiger partial charge in [0.15, 0.2) is 0 Å². The number of nitrogens with zero attached hydrogens (tertiary/aromatic N) is 3. The van der Waals surface area contributed by atoms with Crippen LogP contribution in [0.4, 0.5) is 0 Å². The Hall–Kier alpha value is -2.55. The molecule has 2 aromatic heterocycles. The Bertz CT molecular complexity index is 1240. The molecule has 1 N–H and O–H groups in total. The van der Waals surface area contributed by atoms with Gasteiger partial charge < -0.3 is 0 Å². The molecule has 0 bridgehead atoms. The van der Waals surface area contributed by atoms with Crippen molar-refractivity contribution in [1.29, 1.82) is 0 Å². The maximum absolute atomic E-state index is 12.9. The molecule has 0 atom stereocenters. The maximum Gasteiger partial charge on any atom is 0.240 e. The van der Waals surface area contributed by atoms with Crippen molar-refractivity contribution in [3.8, 4) is 11.3 Å². The van der Waals surface area contributed by atoms with E-state index in [1.807, 2.05) is 57.2 Å². The quantitative estimate of drug-likeness (QED) is 0.540. The normalized spacial score (nSPS) is 12.0. The number of aromatic nitrogens is 3. The van der Waals surface area contributed by atoms with E-state index in [1.165, 1.54) is 11.3 Å². The number of aryl methyl sites for hydroxylation is 3. The third kappa shape index (κ3) is 3.58. The Kier molecular flexibility index (Phi) is 4.78. The molecular formula is C20H20N4O2S2. The van der Waals surface area contributed by atoms with Crippen molar-refractivity contribution >= 4 is 26.3 Å². The van der Waals surface area contributed by atoms with Crippen molar-refractivity contribution in [2.45, 2.75) is 32.2 Å².